The molecule has 1 aliphatic rings. The zero-order valence-electron chi connectivity index (χ0n) is 15.5. The molecule has 0 saturated carbocycles. The maximum absolute atomic E-state index is 12.1. The predicted octanol–water partition coefficient (Wildman–Crippen LogP) is 2.81. The van der Waals surface area contributed by atoms with E-state index < -0.39 is 33.4 Å². The second-order valence-corrected chi connectivity index (χ2v) is 7.98. The van der Waals surface area contributed by atoms with Gasteiger partial charge in [0.25, 0.3) is 15.9 Å². The van der Waals surface area contributed by atoms with E-state index in [1.807, 2.05) is 6.07 Å². The highest BCUT2D eigenvalue weighted by molar-refractivity contribution is 7.85. The summed E-state index contributed by atoms with van der Waals surface area (Å²) in [7, 11) is -4.47. The molecule has 0 unspecified atom stereocenters. The van der Waals surface area contributed by atoms with E-state index in [1.165, 1.54) is 26.0 Å². The first-order chi connectivity index (χ1) is 13.5. The monoisotopic (exact) mass is 418 g/mol. The lowest BCUT2D eigenvalue weighted by Crippen LogP contribution is -2.42. The number of hydrogen-bond acceptors (Lipinski definition) is 8. The molecule has 2 aromatic rings. The van der Waals surface area contributed by atoms with Crippen molar-refractivity contribution in [2.24, 2.45) is 0 Å². The molecule has 3 rings (SSSR count). The molecule has 1 fully saturated rings. The van der Waals surface area contributed by atoms with E-state index in [9.17, 15) is 22.6 Å². The number of benzene rings is 2. The third kappa shape index (κ3) is 4.92. The van der Waals surface area contributed by atoms with Gasteiger partial charge in [-0.15, -0.1) is 0 Å². The molecule has 3 N–H and O–H groups in total. The summed E-state index contributed by atoms with van der Waals surface area (Å²) in [4.78, 5) is 23.8. The number of para-hydroxylation sites is 1. The molecule has 1 aliphatic heterocycles. The van der Waals surface area contributed by atoms with E-state index >= 15 is 0 Å². The van der Waals surface area contributed by atoms with Crippen molar-refractivity contribution in [1.29, 1.82) is 0 Å². The Kier molecular flexibility index (Phi) is 5.31. The molecule has 0 aliphatic carbocycles. The van der Waals surface area contributed by atoms with Crippen LogP contribution >= 0.6 is 0 Å². The topological polar surface area (TPSA) is 131 Å². The van der Waals surface area contributed by atoms with Crippen LogP contribution in [-0.2, 0) is 29.2 Å². The third-order valence-corrected chi connectivity index (χ3v) is 4.68. The summed E-state index contributed by atoms with van der Waals surface area (Å²) in [5, 5.41) is 5.78. The van der Waals surface area contributed by atoms with Gasteiger partial charge in [-0.05, 0) is 30.3 Å². The molecular formula is C19H18N2O7S. The largest absolute Gasteiger partial charge is 0.419 e. The maximum Gasteiger partial charge on any atom is 0.350 e. The van der Waals surface area contributed by atoms with E-state index in [0.29, 0.717) is 11.4 Å². The van der Waals surface area contributed by atoms with Gasteiger partial charge in [-0.25, -0.2) is 9.59 Å². The predicted molar refractivity (Wildman–Crippen MR) is 104 cm³/mol. The van der Waals surface area contributed by atoms with Crippen molar-refractivity contribution in [3.05, 3.63) is 60.3 Å². The Balaban J connectivity index is 1.95. The van der Waals surface area contributed by atoms with Gasteiger partial charge in [-0.1, -0.05) is 18.2 Å². The number of ether oxygens (including phenoxy) is 2. The fourth-order valence-corrected chi connectivity index (χ4v) is 3.02. The Morgan fingerprint density at radius 2 is 1.59 bits per heavy atom. The Hall–Kier alpha value is -3.37. The minimum Gasteiger partial charge on any atom is -0.419 e. The Labute approximate surface area is 167 Å². The van der Waals surface area contributed by atoms with Crippen molar-refractivity contribution >= 4 is 39.1 Å². The van der Waals surface area contributed by atoms with Gasteiger partial charge in [0.15, 0.2) is 5.57 Å². The molecule has 2 aromatic carbocycles. The summed E-state index contributed by atoms with van der Waals surface area (Å²) in [5.41, 5.74) is 0.925. The maximum atomic E-state index is 12.1. The lowest BCUT2D eigenvalue weighted by atomic mass is 10.2. The molecule has 0 amide bonds. The van der Waals surface area contributed by atoms with E-state index in [1.54, 1.807) is 24.3 Å². The van der Waals surface area contributed by atoms with Crippen LogP contribution in [0.4, 0.5) is 17.1 Å². The number of nitrogens with one attached hydrogen (secondary N) is 2. The zero-order chi connectivity index (χ0) is 21.2. The van der Waals surface area contributed by atoms with Crippen LogP contribution in [0.2, 0.25) is 0 Å². The average Bonchev–Trinajstić information content (AvgIpc) is 2.61. The molecule has 0 bridgehead atoms. The summed E-state index contributed by atoms with van der Waals surface area (Å²) >= 11 is 0. The number of carbonyl (C=O) groups is 2. The van der Waals surface area contributed by atoms with Crippen molar-refractivity contribution in [2.75, 3.05) is 10.6 Å². The van der Waals surface area contributed by atoms with Gasteiger partial charge in [0, 0.05) is 25.7 Å². The number of anilines is 3. The zero-order valence-corrected chi connectivity index (χ0v) is 16.3. The van der Waals surface area contributed by atoms with Crippen LogP contribution in [-0.4, -0.2) is 30.7 Å². The summed E-state index contributed by atoms with van der Waals surface area (Å²) < 4.78 is 42.3. The fourth-order valence-electron chi connectivity index (χ4n) is 2.52. The highest BCUT2D eigenvalue weighted by atomic mass is 32.2. The van der Waals surface area contributed by atoms with Gasteiger partial charge in [0.2, 0.25) is 0 Å². The van der Waals surface area contributed by atoms with Crippen molar-refractivity contribution in [3.63, 3.8) is 0 Å². The first-order valence-electron chi connectivity index (χ1n) is 8.42. The van der Waals surface area contributed by atoms with E-state index in [0.717, 1.165) is 12.3 Å². The van der Waals surface area contributed by atoms with Gasteiger partial charge in [0.05, 0.1) is 16.3 Å². The van der Waals surface area contributed by atoms with E-state index in [2.05, 4.69) is 10.6 Å². The minimum absolute atomic E-state index is 0.182. The van der Waals surface area contributed by atoms with Crippen molar-refractivity contribution in [1.82, 2.24) is 0 Å². The molecule has 0 spiro atoms. The standard InChI is InChI=1S/C19H18N2O7S/c1-19(2)27-17(22)14(18(23)28-19)11-20-16-10-13(29(24,25)26)8-9-15(16)21-12-6-4-3-5-7-12/h3-11,20-21H,1-2H3,(H,24,25,26). The summed E-state index contributed by atoms with van der Waals surface area (Å²) in [6.45, 7) is 2.84. The fraction of sp³-hybridized carbons (Fsp3) is 0.158. The average molecular weight is 418 g/mol. The van der Waals surface area contributed by atoms with Crippen LogP contribution in [0.25, 0.3) is 0 Å². The van der Waals surface area contributed by atoms with Crippen LogP contribution in [0.5, 0.6) is 0 Å². The lowest BCUT2D eigenvalue weighted by molar-refractivity contribution is -0.222. The van der Waals surface area contributed by atoms with Gasteiger partial charge < -0.3 is 20.1 Å². The number of carbonyl (C=O) groups excluding carboxylic acids is 2. The number of esters is 2. The number of rotatable bonds is 5. The molecular weight excluding hydrogens is 400 g/mol. The third-order valence-electron chi connectivity index (χ3n) is 3.83. The molecule has 0 radical (unpaired) electrons. The number of cyclic esters (lactones) is 2. The molecule has 10 heteroatoms. The van der Waals surface area contributed by atoms with Gasteiger partial charge in [0.1, 0.15) is 0 Å². The Bertz CT molecular complexity index is 1070. The lowest BCUT2D eigenvalue weighted by Gasteiger charge is -2.29. The molecule has 1 saturated heterocycles. The minimum atomic E-state index is -4.47. The molecule has 29 heavy (non-hydrogen) atoms. The first kappa shape index (κ1) is 20.4. The van der Waals surface area contributed by atoms with Crippen LogP contribution < -0.4 is 10.6 Å². The summed E-state index contributed by atoms with van der Waals surface area (Å²) in [5.74, 6) is -3.15. The van der Waals surface area contributed by atoms with Crippen LogP contribution in [0.3, 0.4) is 0 Å². The smallest absolute Gasteiger partial charge is 0.350 e. The Morgan fingerprint density at radius 1 is 0.966 bits per heavy atom. The SMILES string of the molecule is CC1(C)OC(=O)C(=CNc2cc(S(=O)(=O)O)ccc2Nc2ccccc2)C(=O)O1. The molecule has 1 heterocycles. The summed E-state index contributed by atoms with van der Waals surface area (Å²) in [6, 6.07) is 12.8. The van der Waals surface area contributed by atoms with Gasteiger partial charge in [-0.3, -0.25) is 4.55 Å². The second kappa shape index (κ2) is 7.57. The highest BCUT2D eigenvalue weighted by Crippen LogP contribution is 2.29. The first-order valence-corrected chi connectivity index (χ1v) is 9.86. The quantitative estimate of drug-likeness (QED) is 0.290. The number of hydrogen-bond donors (Lipinski definition) is 3. The van der Waals surface area contributed by atoms with Gasteiger partial charge >= 0.3 is 11.9 Å². The molecule has 152 valence electrons. The van der Waals surface area contributed by atoms with Crippen LogP contribution in [0, 0.1) is 0 Å². The molecule has 0 atom stereocenters. The highest BCUT2D eigenvalue weighted by Gasteiger charge is 2.39. The van der Waals surface area contributed by atoms with Crippen molar-refractivity contribution in [3.8, 4) is 0 Å². The van der Waals surface area contributed by atoms with E-state index in [4.69, 9.17) is 9.47 Å². The molecule has 0 aromatic heterocycles. The summed E-state index contributed by atoms with van der Waals surface area (Å²) in [6.07, 6.45) is 1.05. The normalized spacial score (nSPS) is 15.9. The Morgan fingerprint density at radius 3 is 2.17 bits per heavy atom. The van der Waals surface area contributed by atoms with Crippen LogP contribution in [0.15, 0.2) is 65.2 Å². The molecule has 9 nitrogen and oxygen atoms in total. The van der Waals surface area contributed by atoms with Crippen molar-refractivity contribution in [2.45, 2.75) is 24.5 Å². The van der Waals surface area contributed by atoms with Crippen molar-refractivity contribution < 1.29 is 32.0 Å². The van der Waals surface area contributed by atoms with E-state index in [-0.39, 0.29) is 10.6 Å². The van der Waals surface area contributed by atoms with Gasteiger partial charge in [-0.2, -0.15) is 8.42 Å². The second-order valence-electron chi connectivity index (χ2n) is 6.55. The van der Waals surface area contributed by atoms with Crippen LogP contribution in [0.1, 0.15) is 13.8 Å².